The number of nitrogens with zero attached hydrogens (tertiary/aromatic N) is 7. The molecule has 0 N–H and O–H groups in total. The summed E-state index contributed by atoms with van der Waals surface area (Å²) >= 11 is 0. The summed E-state index contributed by atoms with van der Waals surface area (Å²) < 4.78 is 6.51. The summed E-state index contributed by atoms with van der Waals surface area (Å²) in [4.78, 5) is 15.8. The average molecular weight is 794 g/mol. The van der Waals surface area contributed by atoms with Gasteiger partial charge in [0.1, 0.15) is 6.07 Å². The Morgan fingerprint density at radius 2 is 0.887 bits per heavy atom. The van der Waals surface area contributed by atoms with E-state index >= 15 is 0 Å². The van der Waals surface area contributed by atoms with Gasteiger partial charge in [0, 0.05) is 43.3 Å². The van der Waals surface area contributed by atoms with Crippen molar-refractivity contribution in [3.05, 3.63) is 193 Å². The molecule has 12 aromatic rings. The molecular weight excluding hydrogens is 759 g/mol. The zero-order valence-corrected chi connectivity index (χ0v) is 33.9. The number of hydrogen-bond acceptors (Lipinski definition) is 4. The topological polar surface area (TPSA) is 77.2 Å². The molecule has 290 valence electrons. The fraction of sp³-hybridized carbons (Fsp3) is 0.0545. The average Bonchev–Trinajstić information content (AvgIpc) is 4.01. The van der Waals surface area contributed by atoms with Gasteiger partial charge in [-0.3, -0.25) is 9.13 Å². The molecule has 0 spiro atoms. The van der Waals surface area contributed by atoms with Gasteiger partial charge in [0.05, 0.1) is 44.4 Å². The van der Waals surface area contributed by atoms with E-state index < -0.39 is 0 Å². The third-order valence-corrected chi connectivity index (χ3v) is 13.2. The molecule has 8 aromatic carbocycles. The van der Waals surface area contributed by atoms with Crippen LogP contribution in [0.5, 0.6) is 0 Å². The number of benzene rings is 8. The van der Waals surface area contributed by atoms with Gasteiger partial charge in [0.25, 0.3) is 0 Å². The van der Waals surface area contributed by atoms with Crippen LogP contribution in [0, 0.1) is 11.3 Å². The van der Waals surface area contributed by atoms with E-state index in [1.54, 1.807) is 0 Å². The van der Waals surface area contributed by atoms with Crippen LogP contribution in [0.2, 0.25) is 0 Å². The minimum absolute atomic E-state index is 0.135. The van der Waals surface area contributed by atoms with Gasteiger partial charge in [-0.15, -0.1) is 0 Å². The third-order valence-electron chi connectivity index (χ3n) is 13.2. The fourth-order valence-electron chi connectivity index (χ4n) is 10.3. The maximum atomic E-state index is 11.0. The maximum absolute atomic E-state index is 11.0. The quantitative estimate of drug-likeness (QED) is 0.178. The lowest BCUT2D eigenvalue weighted by molar-refractivity contribution is 0.661. The fourth-order valence-corrected chi connectivity index (χ4v) is 10.3. The van der Waals surface area contributed by atoms with Crippen molar-refractivity contribution in [2.45, 2.75) is 19.3 Å². The number of hydrogen-bond donors (Lipinski definition) is 0. The van der Waals surface area contributed by atoms with Gasteiger partial charge in [-0.25, -0.2) is 0 Å². The van der Waals surface area contributed by atoms with Crippen LogP contribution in [0.3, 0.4) is 0 Å². The van der Waals surface area contributed by atoms with Crippen LogP contribution in [0.4, 0.5) is 0 Å². The SMILES string of the molecule is CC1(C)c2ccccc2-c2cc3c(cc21)c1ccccc1n3-c1ccc(-c2nc(-n3c4ccccc4c4ccccc43)nc(-n3c4ccccc4c4ccccc43)n2)cc1C#N. The van der Waals surface area contributed by atoms with Crippen molar-refractivity contribution in [2.75, 3.05) is 0 Å². The first kappa shape index (κ1) is 34.5. The summed E-state index contributed by atoms with van der Waals surface area (Å²) in [6.45, 7) is 4.63. The van der Waals surface area contributed by atoms with Crippen molar-refractivity contribution in [3.8, 4) is 46.2 Å². The molecule has 4 heterocycles. The van der Waals surface area contributed by atoms with E-state index in [1.807, 2.05) is 36.4 Å². The second-order valence-corrected chi connectivity index (χ2v) is 16.8. The molecule has 0 unspecified atom stereocenters. The molecule has 13 rings (SSSR count). The second-order valence-electron chi connectivity index (χ2n) is 16.8. The maximum Gasteiger partial charge on any atom is 0.240 e. The zero-order valence-electron chi connectivity index (χ0n) is 33.9. The number of aromatic nitrogens is 6. The number of nitriles is 1. The van der Waals surface area contributed by atoms with Crippen molar-refractivity contribution in [3.63, 3.8) is 0 Å². The molecule has 0 radical (unpaired) electrons. The van der Waals surface area contributed by atoms with Crippen LogP contribution in [0.25, 0.3) is 106 Å². The third kappa shape index (κ3) is 4.66. The molecule has 0 aliphatic heterocycles. The van der Waals surface area contributed by atoms with Gasteiger partial charge in [-0.05, 0) is 82.9 Å². The second kappa shape index (κ2) is 12.6. The van der Waals surface area contributed by atoms with Gasteiger partial charge in [0.15, 0.2) is 5.82 Å². The number of rotatable bonds is 4. The molecule has 1 aliphatic carbocycles. The standard InChI is InChI=1S/C55H35N7/c1-55(2)43-21-9-3-15-35(43)41-31-51-42(30-44(41)55)40-20-8-10-22-46(40)60(51)45-28-27-33(29-34(45)32-56)52-57-53(61-47-23-11-4-16-36(47)37-17-5-12-24-48(37)61)59-54(58-52)62-49-25-13-6-18-38(49)39-19-7-14-26-50(39)62/h3-31H,1-2H3. The highest BCUT2D eigenvalue weighted by atomic mass is 15.3. The smallest absolute Gasteiger partial charge is 0.240 e. The summed E-state index contributed by atoms with van der Waals surface area (Å²) in [5.41, 5.74) is 13.1. The lowest BCUT2D eigenvalue weighted by atomic mass is 9.82. The van der Waals surface area contributed by atoms with Crippen molar-refractivity contribution < 1.29 is 0 Å². The first-order chi connectivity index (χ1) is 30.5. The van der Waals surface area contributed by atoms with E-state index in [0.29, 0.717) is 28.8 Å². The summed E-state index contributed by atoms with van der Waals surface area (Å²) in [6, 6.07) is 64.0. The largest absolute Gasteiger partial charge is 0.308 e. The zero-order chi connectivity index (χ0) is 41.3. The summed E-state index contributed by atoms with van der Waals surface area (Å²) in [5, 5.41) is 17.8. The Kier molecular flexibility index (Phi) is 7.01. The molecule has 7 nitrogen and oxygen atoms in total. The monoisotopic (exact) mass is 793 g/mol. The molecule has 0 bridgehead atoms. The minimum atomic E-state index is -0.135. The van der Waals surface area contributed by atoms with Crippen LogP contribution in [-0.2, 0) is 5.41 Å². The van der Waals surface area contributed by atoms with Crippen LogP contribution in [0.15, 0.2) is 176 Å². The minimum Gasteiger partial charge on any atom is -0.308 e. The van der Waals surface area contributed by atoms with E-state index in [0.717, 1.165) is 71.1 Å². The van der Waals surface area contributed by atoms with Crippen molar-refractivity contribution in [1.29, 1.82) is 5.26 Å². The van der Waals surface area contributed by atoms with Crippen LogP contribution >= 0.6 is 0 Å². The molecule has 0 saturated heterocycles. The molecular formula is C55H35N7. The highest BCUT2D eigenvalue weighted by molar-refractivity contribution is 6.12. The van der Waals surface area contributed by atoms with Gasteiger partial charge in [-0.1, -0.05) is 129 Å². The van der Waals surface area contributed by atoms with E-state index in [-0.39, 0.29) is 5.41 Å². The van der Waals surface area contributed by atoms with Gasteiger partial charge in [0.2, 0.25) is 11.9 Å². The molecule has 0 atom stereocenters. The molecule has 0 saturated carbocycles. The summed E-state index contributed by atoms with van der Waals surface area (Å²) in [7, 11) is 0. The Morgan fingerprint density at radius 3 is 1.42 bits per heavy atom. The Morgan fingerprint density at radius 1 is 0.419 bits per heavy atom. The van der Waals surface area contributed by atoms with Gasteiger partial charge >= 0.3 is 0 Å². The highest BCUT2D eigenvalue weighted by Gasteiger charge is 2.36. The van der Waals surface area contributed by atoms with E-state index in [2.05, 4.69) is 173 Å². The molecule has 7 heteroatoms. The Bertz CT molecular complexity index is 3690. The molecule has 0 fully saturated rings. The lowest BCUT2D eigenvalue weighted by Gasteiger charge is -2.21. The number of fused-ring (bicyclic) bond motifs is 12. The first-order valence-corrected chi connectivity index (χ1v) is 20.9. The highest BCUT2D eigenvalue weighted by Crippen LogP contribution is 2.51. The van der Waals surface area contributed by atoms with E-state index in [9.17, 15) is 5.26 Å². The molecule has 62 heavy (non-hydrogen) atoms. The Labute approximate surface area is 356 Å². The van der Waals surface area contributed by atoms with Crippen LogP contribution in [-0.4, -0.2) is 28.7 Å². The Balaban J connectivity index is 1.06. The predicted octanol–water partition coefficient (Wildman–Crippen LogP) is 13.0. The summed E-state index contributed by atoms with van der Waals surface area (Å²) in [5.74, 6) is 1.45. The normalized spacial score (nSPS) is 13.1. The molecule has 0 amide bonds. The van der Waals surface area contributed by atoms with E-state index in [4.69, 9.17) is 15.0 Å². The molecule has 1 aliphatic rings. The van der Waals surface area contributed by atoms with Gasteiger partial charge < -0.3 is 4.57 Å². The van der Waals surface area contributed by atoms with Crippen LogP contribution in [0.1, 0.15) is 30.5 Å². The van der Waals surface area contributed by atoms with Gasteiger partial charge in [-0.2, -0.15) is 20.2 Å². The lowest BCUT2D eigenvalue weighted by Crippen LogP contribution is -2.14. The summed E-state index contributed by atoms with van der Waals surface area (Å²) in [6.07, 6.45) is 0. The Hall–Kier alpha value is -8.34. The predicted molar refractivity (Wildman–Crippen MR) is 251 cm³/mol. The van der Waals surface area contributed by atoms with Crippen molar-refractivity contribution in [2.24, 2.45) is 0 Å². The van der Waals surface area contributed by atoms with E-state index in [1.165, 1.54) is 22.3 Å². The van der Waals surface area contributed by atoms with Crippen LogP contribution < -0.4 is 0 Å². The first-order valence-electron chi connectivity index (χ1n) is 20.9. The van der Waals surface area contributed by atoms with Crippen molar-refractivity contribution >= 4 is 65.4 Å². The molecule has 4 aromatic heterocycles. The van der Waals surface area contributed by atoms with Crippen molar-refractivity contribution in [1.82, 2.24) is 28.7 Å². The number of para-hydroxylation sites is 5.